The van der Waals surface area contributed by atoms with Gasteiger partial charge in [0.1, 0.15) is 13.2 Å². The fraction of sp³-hybridized carbons (Fsp3) is 0.318. The molecule has 0 saturated carbocycles. The van der Waals surface area contributed by atoms with E-state index in [1.807, 2.05) is 0 Å². The molecule has 2 aromatic carbocycles. The maximum absolute atomic E-state index is 12.7. The van der Waals surface area contributed by atoms with Gasteiger partial charge in [0.2, 0.25) is 5.60 Å². The molecule has 7 heteroatoms. The van der Waals surface area contributed by atoms with Crippen LogP contribution >= 0.6 is 0 Å². The Morgan fingerprint density at radius 2 is 1.55 bits per heavy atom. The highest BCUT2D eigenvalue weighted by Gasteiger charge is 2.50. The molecule has 0 bridgehead atoms. The summed E-state index contributed by atoms with van der Waals surface area (Å²) in [5.41, 5.74) is -1.62. The fourth-order valence-corrected chi connectivity index (χ4v) is 2.84. The molecule has 0 fully saturated rings. The average molecular weight is 400 g/mol. The number of aliphatic carboxylic acids is 1. The monoisotopic (exact) mass is 400 g/mol. The summed E-state index contributed by atoms with van der Waals surface area (Å²) >= 11 is 0. The third-order valence-corrected chi connectivity index (χ3v) is 4.45. The highest BCUT2D eigenvalue weighted by Crippen LogP contribution is 2.26. The van der Waals surface area contributed by atoms with Crippen LogP contribution in [-0.4, -0.2) is 40.3 Å². The Hall–Kier alpha value is -3.19. The van der Waals surface area contributed by atoms with Crippen LogP contribution in [0.3, 0.4) is 0 Å². The van der Waals surface area contributed by atoms with Gasteiger partial charge in [-0.15, -0.1) is 0 Å². The molecule has 29 heavy (non-hydrogen) atoms. The molecule has 154 valence electrons. The van der Waals surface area contributed by atoms with Crippen LogP contribution < -0.4 is 0 Å². The number of carboxylic acids is 1. The molecular formula is C22H24O7. The Kier molecular flexibility index (Phi) is 7.91. The number of hydrogen-bond acceptors (Lipinski definition) is 6. The molecule has 0 radical (unpaired) electrons. The SMILES string of the molecule is CCC[C@@H](C(=O)O)[C@](O)(COC(=O)c1ccccc1)C(=O)OCc1ccccc1. The molecule has 0 spiro atoms. The summed E-state index contributed by atoms with van der Waals surface area (Å²) in [6.07, 6.45) is 0.410. The molecule has 2 rings (SSSR count). The molecule has 0 amide bonds. The fourth-order valence-electron chi connectivity index (χ4n) is 2.84. The van der Waals surface area contributed by atoms with E-state index < -0.39 is 36.0 Å². The van der Waals surface area contributed by atoms with Crippen LogP contribution in [0.2, 0.25) is 0 Å². The van der Waals surface area contributed by atoms with Crippen molar-refractivity contribution in [3.8, 4) is 0 Å². The van der Waals surface area contributed by atoms with Gasteiger partial charge in [-0.1, -0.05) is 61.9 Å². The first kappa shape index (κ1) is 22.1. The minimum atomic E-state index is -2.51. The second-order valence-electron chi connectivity index (χ2n) is 6.61. The highest BCUT2D eigenvalue weighted by molar-refractivity contribution is 5.91. The molecule has 0 aliphatic carbocycles. The number of ether oxygens (including phenoxy) is 2. The van der Waals surface area contributed by atoms with E-state index in [1.54, 1.807) is 55.5 Å². The Morgan fingerprint density at radius 1 is 0.966 bits per heavy atom. The molecule has 7 nitrogen and oxygen atoms in total. The molecule has 2 atom stereocenters. The van der Waals surface area contributed by atoms with E-state index in [9.17, 15) is 24.6 Å². The number of aliphatic hydroxyl groups is 1. The average Bonchev–Trinajstić information content (AvgIpc) is 2.75. The number of carbonyl (C=O) groups is 3. The van der Waals surface area contributed by atoms with Crippen molar-refractivity contribution in [2.75, 3.05) is 6.61 Å². The lowest BCUT2D eigenvalue weighted by molar-refractivity contribution is -0.186. The van der Waals surface area contributed by atoms with Crippen LogP contribution in [0.25, 0.3) is 0 Å². The number of esters is 2. The minimum absolute atomic E-state index is 0.00909. The highest BCUT2D eigenvalue weighted by atomic mass is 16.6. The van der Waals surface area contributed by atoms with Crippen molar-refractivity contribution in [2.24, 2.45) is 5.92 Å². The van der Waals surface area contributed by atoms with Gasteiger partial charge in [-0.25, -0.2) is 9.59 Å². The summed E-state index contributed by atoms with van der Waals surface area (Å²) in [4.78, 5) is 36.6. The van der Waals surface area contributed by atoms with Crippen LogP contribution in [0.1, 0.15) is 35.7 Å². The van der Waals surface area contributed by atoms with Crippen LogP contribution in [0.5, 0.6) is 0 Å². The first-order chi connectivity index (χ1) is 13.9. The zero-order valence-electron chi connectivity index (χ0n) is 16.1. The third-order valence-electron chi connectivity index (χ3n) is 4.45. The number of hydrogen-bond donors (Lipinski definition) is 2. The maximum Gasteiger partial charge on any atom is 0.343 e. The summed E-state index contributed by atoms with van der Waals surface area (Å²) in [6, 6.07) is 16.8. The van der Waals surface area contributed by atoms with Gasteiger partial charge in [-0.05, 0) is 24.1 Å². The van der Waals surface area contributed by atoms with E-state index in [0.29, 0.717) is 12.0 Å². The minimum Gasteiger partial charge on any atom is -0.481 e. The normalized spacial score (nSPS) is 13.7. The summed E-state index contributed by atoms with van der Waals surface area (Å²) in [6.45, 7) is 0.750. The van der Waals surface area contributed by atoms with Crippen LogP contribution in [0.4, 0.5) is 0 Å². The van der Waals surface area contributed by atoms with Crippen molar-refractivity contribution in [2.45, 2.75) is 32.0 Å². The Labute approximate surface area is 168 Å². The number of carbonyl (C=O) groups excluding carboxylic acids is 2. The summed E-state index contributed by atoms with van der Waals surface area (Å²) in [5, 5.41) is 20.5. The van der Waals surface area contributed by atoms with Crippen molar-refractivity contribution < 1.29 is 34.1 Å². The second-order valence-corrected chi connectivity index (χ2v) is 6.61. The lowest BCUT2D eigenvalue weighted by Gasteiger charge is -2.31. The van der Waals surface area contributed by atoms with Gasteiger partial charge in [0.25, 0.3) is 0 Å². The van der Waals surface area contributed by atoms with Gasteiger partial charge in [0, 0.05) is 0 Å². The van der Waals surface area contributed by atoms with Crippen molar-refractivity contribution in [3.05, 3.63) is 71.8 Å². The zero-order chi connectivity index (χ0) is 21.3. The van der Waals surface area contributed by atoms with E-state index in [0.717, 1.165) is 0 Å². The summed E-state index contributed by atoms with van der Waals surface area (Å²) in [7, 11) is 0. The first-order valence-corrected chi connectivity index (χ1v) is 9.27. The van der Waals surface area contributed by atoms with Crippen molar-refractivity contribution >= 4 is 17.9 Å². The van der Waals surface area contributed by atoms with Crippen LogP contribution in [0.15, 0.2) is 60.7 Å². The number of carboxylic acid groups (broad SMARTS) is 1. The molecule has 0 unspecified atom stereocenters. The lowest BCUT2D eigenvalue weighted by Crippen LogP contribution is -2.54. The Balaban J connectivity index is 2.18. The molecule has 0 aliphatic rings. The van der Waals surface area contributed by atoms with Gasteiger partial charge in [0.15, 0.2) is 0 Å². The third kappa shape index (κ3) is 5.89. The van der Waals surface area contributed by atoms with Gasteiger partial charge in [-0.2, -0.15) is 0 Å². The lowest BCUT2D eigenvalue weighted by atomic mass is 9.84. The predicted molar refractivity (Wildman–Crippen MR) is 104 cm³/mol. The zero-order valence-corrected chi connectivity index (χ0v) is 16.1. The number of rotatable bonds is 10. The molecule has 2 aromatic rings. The molecule has 0 heterocycles. The summed E-state index contributed by atoms with van der Waals surface area (Å²) < 4.78 is 10.3. The summed E-state index contributed by atoms with van der Waals surface area (Å²) in [5.74, 6) is -4.79. The first-order valence-electron chi connectivity index (χ1n) is 9.27. The van der Waals surface area contributed by atoms with Gasteiger partial charge in [-0.3, -0.25) is 4.79 Å². The van der Waals surface area contributed by atoms with E-state index in [4.69, 9.17) is 9.47 Å². The van der Waals surface area contributed by atoms with Crippen molar-refractivity contribution in [3.63, 3.8) is 0 Å². The topological polar surface area (TPSA) is 110 Å². The van der Waals surface area contributed by atoms with Crippen LogP contribution in [-0.2, 0) is 25.7 Å². The second kappa shape index (κ2) is 10.4. The van der Waals surface area contributed by atoms with Crippen LogP contribution in [0, 0.1) is 5.92 Å². The number of benzene rings is 2. The Bertz CT molecular complexity index is 820. The standard InChI is InChI=1S/C22H24O7/c1-2-9-18(19(23)24)22(27,15-29-20(25)17-12-7-4-8-13-17)21(26)28-14-16-10-5-3-6-11-16/h3-8,10-13,18,27H,2,9,14-15H2,1H3,(H,23,24)/t18-,22+/m0/s1. The van der Waals surface area contributed by atoms with E-state index in [-0.39, 0.29) is 18.6 Å². The Morgan fingerprint density at radius 3 is 2.10 bits per heavy atom. The quantitative estimate of drug-likeness (QED) is 0.590. The van der Waals surface area contributed by atoms with Gasteiger partial charge >= 0.3 is 17.9 Å². The van der Waals surface area contributed by atoms with Crippen molar-refractivity contribution in [1.29, 1.82) is 0 Å². The van der Waals surface area contributed by atoms with E-state index >= 15 is 0 Å². The largest absolute Gasteiger partial charge is 0.481 e. The molecule has 0 aliphatic heterocycles. The smallest absolute Gasteiger partial charge is 0.343 e. The molecule has 0 saturated heterocycles. The van der Waals surface area contributed by atoms with E-state index in [1.165, 1.54) is 12.1 Å². The van der Waals surface area contributed by atoms with Gasteiger partial charge in [0.05, 0.1) is 11.5 Å². The van der Waals surface area contributed by atoms with Crippen molar-refractivity contribution in [1.82, 2.24) is 0 Å². The van der Waals surface area contributed by atoms with Gasteiger partial charge < -0.3 is 19.7 Å². The molecule has 0 aromatic heterocycles. The predicted octanol–water partition coefficient (Wildman–Crippen LogP) is 2.82. The molecule has 2 N–H and O–H groups in total. The maximum atomic E-state index is 12.7. The molecular weight excluding hydrogens is 376 g/mol. The van der Waals surface area contributed by atoms with E-state index in [2.05, 4.69) is 0 Å².